The first-order valence-electron chi connectivity index (χ1n) is 6.43. The summed E-state index contributed by atoms with van der Waals surface area (Å²) in [6.07, 6.45) is 0. The Morgan fingerprint density at radius 3 is 2.41 bits per heavy atom. The van der Waals surface area contributed by atoms with Crippen molar-refractivity contribution in [2.45, 2.75) is 13.8 Å². The molecule has 0 fully saturated rings. The molecule has 7 heteroatoms. The standard InChI is InChI=1S/C15H13N3O4/c1-9-8-12(13(10(2)19)17-14(9)18(21)22)15(20)16-11-6-4-3-5-7-11/h3-8H,1-2H3,(H,16,20). The molecule has 1 aromatic carbocycles. The Hall–Kier alpha value is -3.09. The largest absolute Gasteiger partial charge is 0.367 e. The van der Waals surface area contributed by atoms with E-state index in [1.165, 1.54) is 19.9 Å². The minimum atomic E-state index is -0.680. The van der Waals surface area contributed by atoms with Gasteiger partial charge in [-0.15, -0.1) is 0 Å². The number of rotatable bonds is 4. The van der Waals surface area contributed by atoms with E-state index in [0.29, 0.717) is 5.69 Å². The van der Waals surface area contributed by atoms with Gasteiger partial charge in [-0.1, -0.05) is 18.2 Å². The topological polar surface area (TPSA) is 102 Å². The second-order valence-electron chi connectivity index (χ2n) is 4.66. The summed E-state index contributed by atoms with van der Waals surface area (Å²) in [6, 6.07) is 9.99. The fourth-order valence-corrected chi connectivity index (χ4v) is 1.95. The Morgan fingerprint density at radius 1 is 1.23 bits per heavy atom. The van der Waals surface area contributed by atoms with E-state index < -0.39 is 22.4 Å². The summed E-state index contributed by atoms with van der Waals surface area (Å²) in [5.74, 6) is -1.48. The van der Waals surface area contributed by atoms with Crippen LogP contribution in [-0.4, -0.2) is 21.6 Å². The monoisotopic (exact) mass is 299 g/mol. The molecule has 0 spiro atoms. The number of para-hydroxylation sites is 1. The highest BCUT2D eigenvalue weighted by Gasteiger charge is 2.26. The molecule has 0 radical (unpaired) electrons. The van der Waals surface area contributed by atoms with Crippen LogP contribution in [0.1, 0.15) is 33.3 Å². The van der Waals surface area contributed by atoms with Crippen LogP contribution in [0.2, 0.25) is 0 Å². The minimum absolute atomic E-state index is 0.0134. The Balaban J connectivity index is 2.45. The Morgan fingerprint density at radius 2 is 1.86 bits per heavy atom. The predicted molar refractivity (Wildman–Crippen MR) is 80.0 cm³/mol. The fourth-order valence-electron chi connectivity index (χ4n) is 1.95. The number of carbonyl (C=O) groups is 2. The first-order chi connectivity index (χ1) is 10.4. The fraction of sp³-hybridized carbons (Fsp3) is 0.133. The molecule has 1 amide bonds. The predicted octanol–water partition coefficient (Wildman–Crippen LogP) is 2.75. The number of carbonyl (C=O) groups excluding carboxylic acids is 2. The van der Waals surface area contributed by atoms with Gasteiger partial charge in [0.05, 0.1) is 5.56 Å². The van der Waals surface area contributed by atoms with Crippen LogP contribution in [0.15, 0.2) is 36.4 Å². The van der Waals surface area contributed by atoms with Crippen molar-refractivity contribution in [2.75, 3.05) is 5.32 Å². The number of aryl methyl sites for hydroxylation is 1. The highest BCUT2D eigenvalue weighted by atomic mass is 16.6. The van der Waals surface area contributed by atoms with Crippen molar-refractivity contribution in [3.63, 3.8) is 0 Å². The van der Waals surface area contributed by atoms with Crippen molar-refractivity contribution < 1.29 is 14.5 Å². The summed E-state index contributed by atoms with van der Waals surface area (Å²) >= 11 is 0. The summed E-state index contributed by atoms with van der Waals surface area (Å²) in [5, 5.41) is 13.5. The number of ketones is 1. The van der Waals surface area contributed by atoms with E-state index in [0.717, 1.165) is 0 Å². The zero-order valence-electron chi connectivity index (χ0n) is 12.0. The molecule has 1 aromatic heterocycles. The van der Waals surface area contributed by atoms with E-state index in [1.54, 1.807) is 30.3 Å². The zero-order valence-corrected chi connectivity index (χ0v) is 12.0. The van der Waals surface area contributed by atoms with Crippen LogP contribution in [0, 0.1) is 17.0 Å². The van der Waals surface area contributed by atoms with Gasteiger partial charge in [0.15, 0.2) is 0 Å². The summed E-state index contributed by atoms with van der Waals surface area (Å²) < 4.78 is 0. The molecule has 2 rings (SSSR count). The number of nitrogens with one attached hydrogen (secondary N) is 1. The van der Waals surface area contributed by atoms with Gasteiger partial charge < -0.3 is 15.4 Å². The first-order valence-corrected chi connectivity index (χ1v) is 6.43. The van der Waals surface area contributed by atoms with Gasteiger partial charge >= 0.3 is 5.82 Å². The van der Waals surface area contributed by atoms with Crippen molar-refractivity contribution in [3.8, 4) is 0 Å². The molecular weight excluding hydrogens is 286 g/mol. The van der Waals surface area contributed by atoms with Crippen molar-refractivity contribution in [1.29, 1.82) is 0 Å². The van der Waals surface area contributed by atoms with Crippen molar-refractivity contribution in [1.82, 2.24) is 4.98 Å². The van der Waals surface area contributed by atoms with Gasteiger partial charge in [0.2, 0.25) is 11.5 Å². The van der Waals surface area contributed by atoms with E-state index in [9.17, 15) is 19.7 Å². The number of aromatic nitrogens is 1. The molecule has 0 aliphatic carbocycles. The maximum atomic E-state index is 12.3. The molecule has 0 unspecified atom stereocenters. The van der Waals surface area contributed by atoms with Crippen LogP contribution in [0.5, 0.6) is 0 Å². The van der Waals surface area contributed by atoms with Crippen molar-refractivity contribution in [2.24, 2.45) is 0 Å². The van der Waals surface area contributed by atoms with Crippen LogP contribution in [0.3, 0.4) is 0 Å². The number of anilines is 1. The van der Waals surface area contributed by atoms with Crippen LogP contribution >= 0.6 is 0 Å². The van der Waals surface area contributed by atoms with Gasteiger partial charge in [0, 0.05) is 18.2 Å². The van der Waals surface area contributed by atoms with Crippen molar-refractivity contribution >= 4 is 23.2 Å². The van der Waals surface area contributed by atoms with Gasteiger partial charge in [0.1, 0.15) is 0 Å². The number of nitro groups is 1. The molecule has 0 saturated heterocycles. The number of hydrogen-bond acceptors (Lipinski definition) is 5. The summed E-state index contributed by atoms with van der Waals surface area (Å²) in [4.78, 5) is 37.9. The SMILES string of the molecule is CC(=O)c1nc([N+](=O)[O-])c(C)cc1C(=O)Nc1ccccc1. The van der Waals surface area contributed by atoms with Crippen LogP contribution < -0.4 is 5.32 Å². The molecular formula is C15H13N3O4. The third-order valence-electron chi connectivity index (χ3n) is 2.97. The number of Topliss-reactive ketones (excluding diaryl/α,β-unsaturated/α-hetero) is 1. The molecule has 0 aliphatic heterocycles. The number of pyridine rings is 1. The second-order valence-corrected chi connectivity index (χ2v) is 4.66. The summed E-state index contributed by atoms with van der Waals surface area (Å²) in [6.45, 7) is 2.68. The molecule has 112 valence electrons. The van der Waals surface area contributed by atoms with Crippen LogP contribution in [0.4, 0.5) is 11.5 Å². The van der Waals surface area contributed by atoms with E-state index in [1.807, 2.05) is 0 Å². The van der Waals surface area contributed by atoms with Gasteiger partial charge in [-0.3, -0.25) is 9.59 Å². The Bertz CT molecular complexity index is 757. The quantitative estimate of drug-likeness (QED) is 0.531. The molecule has 0 bridgehead atoms. The molecule has 1 N–H and O–H groups in total. The molecule has 0 aliphatic rings. The molecule has 0 saturated carbocycles. The summed E-state index contributed by atoms with van der Waals surface area (Å²) in [5.41, 5.74) is 0.566. The number of nitrogens with zero attached hydrogens (tertiary/aromatic N) is 2. The minimum Gasteiger partial charge on any atom is -0.358 e. The first kappa shape index (κ1) is 15.3. The van der Waals surface area contributed by atoms with Crippen molar-refractivity contribution in [3.05, 3.63) is 63.3 Å². The smallest absolute Gasteiger partial charge is 0.358 e. The maximum absolute atomic E-state index is 12.3. The highest BCUT2D eigenvalue weighted by Crippen LogP contribution is 2.20. The Kier molecular flexibility index (Phi) is 4.26. The van der Waals surface area contributed by atoms with Gasteiger partial charge in [0.25, 0.3) is 5.91 Å². The van der Waals surface area contributed by atoms with Crippen LogP contribution in [-0.2, 0) is 0 Å². The van der Waals surface area contributed by atoms with E-state index in [-0.39, 0.29) is 16.8 Å². The van der Waals surface area contributed by atoms with Gasteiger partial charge in [-0.2, -0.15) is 0 Å². The summed E-state index contributed by atoms with van der Waals surface area (Å²) in [7, 11) is 0. The lowest BCUT2D eigenvalue weighted by atomic mass is 10.1. The van der Waals surface area contributed by atoms with Gasteiger partial charge in [-0.05, 0) is 35.0 Å². The number of hydrogen-bond donors (Lipinski definition) is 1. The van der Waals surface area contributed by atoms with Gasteiger partial charge in [-0.25, -0.2) is 0 Å². The zero-order chi connectivity index (χ0) is 16.3. The molecule has 2 aromatic rings. The maximum Gasteiger partial charge on any atom is 0.367 e. The molecule has 0 atom stereocenters. The van der Waals surface area contributed by atoms with E-state index in [4.69, 9.17) is 0 Å². The highest BCUT2D eigenvalue weighted by molar-refractivity contribution is 6.11. The average molecular weight is 299 g/mol. The number of benzene rings is 1. The molecule has 7 nitrogen and oxygen atoms in total. The lowest BCUT2D eigenvalue weighted by molar-refractivity contribution is -0.390. The van der Waals surface area contributed by atoms with Crippen LogP contribution in [0.25, 0.3) is 0 Å². The lowest BCUT2D eigenvalue weighted by Crippen LogP contribution is -2.18. The second kappa shape index (κ2) is 6.13. The lowest BCUT2D eigenvalue weighted by Gasteiger charge is -2.07. The molecule has 1 heterocycles. The van der Waals surface area contributed by atoms with E-state index >= 15 is 0 Å². The average Bonchev–Trinajstić information content (AvgIpc) is 2.47. The third kappa shape index (κ3) is 3.14. The Labute approximate surface area is 126 Å². The van der Waals surface area contributed by atoms with E-state index in [2.05, 4.69) is 10.3 Å². The normalized spacial score (nSPS) is 10.1. The molecule has 22 heavy (non-hydrogen) atoms. The third-order valence-corrected chi connectivity index (χ3v) is 2.97. The number of amides is 1.